The van der Waals surface area contributed by atoms with Crippen molar-refractivity contribution in [2.75, 3.05) is 5.75 Å². The van der Waals surface area contributed by atoms with Crippen molar-refractivity contribution >= 4 is 33.6 Å². The Bertz CT molecular complexity index is 367. The number of hydrogen-bond donors (Lipinski definition) is 1. The monoisotopic (exact) mass is 329 g/mol. The number of nitrogens with one attached hydrogen (secondary N) is 1. The Hall–Kier alpha value is -0.480. The summed E-state index contributed by atoms with van der Waals surface area (Å²) in [4.78, 5) is 11.6. The molecule has 100 valence electrons. The van der Waals surface area contributed by atoms with Crippen molar-refractivity contribution in [1.29, 1.82) is 0 Å². The minimum atomic E-state index is 0.137. The maximum Gasteiger partial charge on any atom is 0.230 e. The van der Waals surface area contributed by atoms with Crippen molar-refractivity contribution in [3.63, 3.8) is 0 Å². The van der Waals surface area contributed by atoms with Gasteiger partial charge in [0.05, 0.1) is 5.75 Å². The summed E-state index contributed by atoms with van der Waals surface area (Å²) < 4.78 is 1.09. The topological polar surface area (TPSA) is 29.1 Å². The Morgan fingerprint density at radius 2 is 2.06 bits per heavy atom. The second-order valence-corrected chi connectivity index (χ2v) is 6.28. The van der Waals surface area contributed by atoms with E-state index in [9.17, 15) is 4.79 Å². The number of carbonyl (C=O) groups is 1. The third-order valence-electron chi connectivity index (χ3n) is 2.54. The van der Waals surface area contributed by atoms with Crippen molar-refractivity contribution in [1.82, 2.24) is 5.32 Å². The van der Waals surface area contributed by atoms with Gasteiger partial charge in [0.1, 0.15) is 0 Å². The Kier molecular flexibility index (Phi) is 7.44. The zero-order valence-electron chi connectivity index (χ0n) is 10.9. The average Bonchev–Trinajstić information content (AvgIpc) is 2.32. The van der Waals surface area contributed by atoms with E-state index in [1.54, 1.807) is 11.8 Å². The molecule has 1 aromatic carbocycles. The molecule has 1 rings (SSSR count). The van der Waals surface area contributed by atoms with Gasteiger partial charge in [-0.2, -0.15) is 0 Å². The van der Waals surface area contributed by atoms with Crippen LogP contribution in [-0.2, 0) is 10.5 Å². The number of halogens is 1. The van der Waals surface area contributed by atoms with Crippen LogP contribution in [0.15, 0.2) is 28.7 Å². The third-order valence-corrected chi connectivity index (χ3v) is 4.08. The molecule has 1 amide bonds. The molecule has 0 spiro atoms. The minimum Gasteiger partial charge on any atom is -0.353 e. The largest absolute Gasteiger partial charge is 0.353 e. The van der Waals surface area contributed by atoms with Crippen molar-refractivity contribution in [2.45, 2.75) is 38.5 Å². The molecule has 0 saturated carbocycles. The molecule has 1 aromatic rings. The highest BCUT2D eigenvalue weighted by Crippen LogP contribution is 2.15. The van der Waals surface area contributed by atoms with Gasteiger partial charge in [-0.15, -0.1) is 11.8 Å². The van der Waals surface area contributed by atoms with Gasteiger partial charge in [0.15, 0.2) is 0 Å². The number of thioether (sulfide) groups is 1. The molecule has 0 fully saturated rings. The van der Waals surface area contributed by atoms with E-state index in [4.69, 9.17) is 0 Å². The minimum absolute atomic E-state index is 0.137. The van der Waals surface area contributed by atoms with E-state index in [0.29, 0.717) is 5.75 Å². The highest BCUT2D eigenvalue weighted by molar-refractivity contribution is 9.10. The number of hydrogen-bond acceptors (Lipinski definition) is 2. The summed E-state index contributed by atoms with van der Waals surface area (Å²) >= 11 is 5.06. The molecule has 0 aliphatic heterocycles. The molecule has 1 atom stereocenters. The number of rotatable bonds is 7. The Labute approximate surface area is 122 Å². The van der Waals surface area contributed by atoms with Crippen LogP contribution in [0.5, 0.6) is 0 Å². The van der Waals surface area contributed by atoms with E-state index in [1.807, 2.05) is 12.1 Å². The van der Waals surface area contributed by atoms with E-state index in [1.165, 1.54) is 5.56 Å². The van der Waals surface area contributed by atoms with Crippen molar-refractivity contribution in [2.24, 2.45) is 0 Å². The predicted octanol–water partition coefficient (Wildman–Crippen LogP) is 3.99. The molecule has 0 radical (unpaired) electrons. The summed E-state index contributed by atoms with van der Waals surface area (Å²) in [5.74, 6) is 1.55. The number of benzene rings is 1. The van der Waals surface area contributed by atoms with Crippen molar-refractivity contribution < 1.29 is 4.79 Å². The van der Waals surface area contributed by atoms with Crippen LogP contribution < -0.4 is 5.32 Å². The van der Waals surface area contributed by atoms with Gasteiger partial charge in [-0.1, -0.05) is 41.4 Å². The highest BCUT2D eigenvalue weighted by atomic mass is 79.9. The van der Waals surface area contributed by atoms with Gasteiger partial charge >= 0.3 is 0 Å². The van der Waals surface area contributed by atoms with E-state index < -0.39 is 0 Å². The van der Waals surface area contributed by atoms with Crippen LogP contribution in [0.2, 0.25) is 0 Å². The first kappa shape index (κ1) is 15.6. The lowest BCUT2D eigenvalue weighted by Gasteiger charge is -2.12. The summed E-state index contributed by atoms with van der Waals surface area (Å²) in [7, 11) is 0. The Morgan fingerprint density at radius 1 is 1.39 bits per heavy atom. The van der Waals surface area contributed by atoms with Crippen molar-refractivity contribution in [3.05, 3.63) is 34.3 Å². The molecule has 18 heavy (non-hydrogen) atoms. The van der Waals surface area contributed by atoms with E-state index in [0.717, 1.165) is 23.1 Å². The maximum absolute atomic E-state index is 11.6. The zero-order chi connectivity index (χ0) is 13.4. The molecule has 0 saturated heterocycles. The van der Waals surface area contributed by atoms with Gasteiger partial charge in [-0.3, -0.25) is 4.79 Å². The molecule has 0 aliphatic rings. The molecular weight excluding hydrogens is 310 g/mol. The molecule has 0 unspecified atom stereocenters. The van der Waals surface area contributed by atoms with E-state index >= 15 is 0 Å². The molecule has 2 nitrogen and oxygen atoms in total. The Balaban J connectivity index is 2.21. The van der Waals surface area contributed by atoms with E-state index in [2.05, 4.69) is 47.2 Å². The third kappa shape index (κ3) is 6.45. The first-order valence-electron chi connectivity index (χ1n) is 6.23. The first-order chi connectivity index (χ1) is 8.61. The maximum atomic E-state index is 11.6. The fraction of sp³-hybridized carbons (Fsp3) is 0.500. The lowest BCUT2D eigenvalue weighted by molar-refractivity contribution is -0.119. The molecule has 4 heteroatoms. The van der Waals surface area contributed by atoms with Gasteiger partial charge in [0, 0.05) is 16.3 Å². The number of carbonyl (C=O) groups excluding carboxylic acids is 1. The molecule has 0 aromatic heterocycles. The quantitative estimate of drug-likeness (QED) is 0.819. The Morgan fingerprint density at radius 3 is 2.67 bits per heavy atom. The van der Waals surface area contributed by atoms with Crippen LogP contribution in [0.3, 0.4) is 0 Å². The van der Waals surface area contributed by atoms with Crippen LogP contribution in [0.4, 0.5) is 0 Å². The predicted molar refractivity (Wildman–Crippen MR) is 82.8 cm³/mol. The van der Waals surface area contributed by atoms with Gasteiger partial charge in [-0.25, -0.2) is 0 Å². The normalized spacial score (nSPS) is 12.2. The first-order valence-corrected chi connectivity index (χ1v) is 8.18. The second kappa shape index (κ2) is 8.59. The smallest absolute Gasteiger partial charge is 0.230 e. The van der Waals surface area contributed by atoms with Gasteiger partial charge in [0.25, 0.3) is 0 Å². The second-order valence-electron chi connectivity index (χ2n) is 4.38. The van der Waals surface area contributed by atoms with Crippen molar-refractivity contribution in [3.8, 4) is 0 Å². The molecular formula is C14H20BrNOS. The van der Waals surface area contributed by atoms with Gasteiger partial charge in [0.2, 0.25) is 5.91 Å². The van der Waals surface area contributed by atoms with E-state index in [-0.39, 0.29) is 11.9 Å². The molecule has 1 N–H and O–H groups in total. The average molecular weight is 330 g/mol. The molecule has 0 heterocycles. The number of amides is 1. The standard InChI is InChI=1S/C14H20BrNOS/c1-3-4-11(2)16-14(17)10-18-9-12-5-7-13(15)8-6-12/h5-8,11H,3-4,9-10H2,1-2H3,(H,16,17)/t11-/m0/s1. The SMILES string of the molecule is CCC[C@H](C)NC(=O)CSCc1ccc(Br)cc1. The summed E-state index contributed by atoms with van der Waals surface area (Å²) in [6.07, 6.45) is 2.15. The summed E-state index contributed by atoms with van der Waals surface area (Å²) in [5.41, 5.74) is 1.25. The van der Waals surface area contributed by atoms with Crippen LogP contribution in [0, 0.1) is 0 Å². The fourth-order valence-electron chi connectivity index (χ4n) is 1.66. The van der Waals surface area contributed by atoms with Crippen LogP contribution in [-0.4, -0.2) is 17.7 Å². The summed E-state index contributed by atoms with van der Waals surface area (Å²) in [5, 5.41) is 3.01. The lowest BCUT2D eigenvalue weighted by atomic mass is 10.2. The summed E-state index contributed by atoms with van der Waals surface area (Å²) in [6, 6.07) is 8.50. The van der Waals surface area contributed by atoms with Crippen LogP contribution in [0.1, 0.15) is 32.3 Å². The van der Waals surface area contributed by atoms with Gasteiger partial charge < -0.3 is 5.32 Å². The van der Waals surface area contributed by atoms with Gasteiger partial charge in [-0.05, 0) is 31.0 Å². The fourth-order valence-corrected chi connectivity index (χ4v) is 2.73. The lowest BCUT2D eigenvalue weighted by Crippen LogP contribution is -2.33. The molecule has 0 aliphatic carbocycles. The summed E-state index contributed by atoms with van der Waals surface area (Å²) in [6.45, 7) is 4.19. The highest BCUT2D eigenvalue weighted by Gasteiger charge is 2.06. The van der Waals surface area contributed by atoms with Crippen LogP contribution >= 0.6 is 27.7 Å². The molecule has 0 bridgehead atoms. The van der Waals surface area contributed by atoms with Crippen LogP contribution in [0.25, 0.3) is 0 Å². The zero-order valence-corrected chi connectivity index (χ0v) is 13.3.